The smallest absolute Gasteiger partial charge is 0.223 e. The molecular formula is C17H19ClN2OS. The molecule has 1 amide bonds. The minimum Gasteiger partial charge on any atom is -0.345 e. The Labute approximate surface area is 139 Å². The van der Waals surface area contributed by atoms with Gasteiger partial charge in [-0.1, -0.05) is 23.7 Å². The Morgan fingerprint density at radius 1 is 1.18 bits per heavy atom. The second kappa shape index (κ2) is 7.27. The molecule has 3 nitrogen and oxygen atoms in total. The van der Waals surface area contributed by atoms with Crippen molar-refractivity contribution in [2.45, 2.75) is 18.9 Å². The van der Waals surface area contributed by atoms with Gasteiger partial charge in [-0.05, 0) is 66.0 Å². The number of thiophene rings is 1. The van der Waals surface area contributed by atoms with Gasteiger partial charge < -0.3 is 10.6 Å². The Bertz CT molecular complexity index is 606. The predicted octanol–water partition coefficient (Wildman–Crippen LogP) is 3.61. The summed E-state index contributed by atoms with van der Waals surface area (Å²) in [5.74, 6) is 0.252. The van der Waals surface area contributed by atoms with Crippen molar-refractivity contribution < 1.29 is 4.79 Å². The van der Waals surface area contributed by atoms with E-state index in [9.17, 15) is 4.79 Å². The molecule has 1 fully saturated rings. The summed E-state index contributed by atoms with van der Waals surface area (Å²) in [7, 11) is 0. The van der Waals surface area contributed by atoms with E-state index in [4.69, 9.17) is 11.6 Å². The monoisotopic (exact) mass is 334 g/mol. The first kappa shape index (κ1) is 15.5. The highest BCUT2D eigenvalue weighted by Gasteiger charge is 2.24. The van der Waals surface area contributed by atoms with E-state index in [1.165, 1.54) is 0 Å². The molecule has 5 heteroatoms. The number of carbonyl (C=O) groups is 1. The molecule has 0 spiro atoms. The van der Waals surface area contributed by atoms with Crippen LogP contribution >= 0.6 is 22.9 Å². The standard InChI is InChI=1S/C17H19ClN2OS/c18-15-3-1-12(2-4-15)16(14-7-10-22-11-14)20-17(21)13-5-8-19-9-6-13/h1-4,7,10-11,13,16,19H,5-6,8-9H2,(H,20,21). The van der Waals surface area contributed by atoms with Crippen molar-refractivity contribution in [2.75, 3.05) is 13.1 Å². The lowest BCUT2D eigenvalue weighted by Gasteiger charge is -2.25. The molecule has 1 atom stereocenters. The molecule has 116 valence electrons. The van der Waals surface area contributed by atoms with Crippen LogP contribution < -0.4 is 10.6 Å². The van der Waals surface area contributed by atoms with Crippen molar-refractivity contribution >= 4 is 28.8 Å². The summed E-state index contributed by atoms with van der Waals surface area (Å²) >= 11 is 7.62. The van der Waals surface area contributed by atoms with Crippen LogP contribution in [0.15, 0.2) is 41.1 Å². The van der Waals surface area contributed by atoms with E-state index >= 15 is 0 Å². The molecular weight excluding hydrogens is 316 g/mol. The largest absolute Gasteiger partial charge is 0.345 e. The second-order valence-corrected chi connectivity index (χ2v) is 6.79. The third kappa shape index (κ3) is 3.69. The van der Waals surface area contributed by atoms with Gasteiger partial charge in [0.05, 0.1) is 6.04 Å². The molecule has 1 aromatic carbocycles. The first-order valence-electron chi connectivity index (χ1n) is 7.52. The van der Waals surface area contributed by atoms with Crippen molar-refractivity contribution in [1.29, 1.82) is 0 Å². The zero-order valence-electron chi connectivity index (χ0n) is 12.2. The Morgan fingerprint density at radius 2 is 1.91 bits per heavy atom. The lowest BCUT2D eigenvalue weighted by Crippen LogP contribution is -2.39. The summed E-state index contributed by atoms with van der Waals surface area (Å²) in [6.45, 7) is 1.84. The van der Waals surface area contributed by atoms with Crippen LogP contribution in [-0.2, 0) is 4.79 Å². The van der Waals surface area contributed by atoms with Gasteiger partial charge in [0.1, 0.15) is 0 Å². The van der Waals surface area contributed by atoms with Crippen molar-refractivity contribution in [3.8, 4) is 0 Å². The molecule has 1 aromatic heterocycles. The van der Waals surface area contributed by atoms with Gasteiger partial charge in [0, 0.05) is 10.9 Å². The van der Waals surface area contributed by atoms with Gasteiger partial charge in [-0.25, -0.2) is 0 Å². The fraction of sp³-hybridized carbons (Fsp3) is 0.353. The van der Waals surface area contributed by atoms with Gasteiger partial charge in [0.15, 0.2) is 0 Å². The van der Waals surface area contributed by atoms with Gasteiger partial charge in [-0.15, -0.1) is 0 Å². The van der Waals surface area contributed by atoms with E-state index in [0.717, 1.165) is 37.1 Å². The SMILES string of the molecule is O=C(NC(c1ccc(Cl)cc1)c1ccsc1)C1CCNCC1. The topological polar surface area (TPSA) is 41.1 Å². The number of benzene rings is 1. The summed E-state index contributed by atoms with van der Waals surface area (Å²) < 4.78 is 0. The van der Waals surface area contributed by atoms with Crippen molar-refractivity contribution in [1.82, 2.24) is 10.6 Å². The number of amides is 1. The number of piperidine rings is 1. The molecule has 22 heavy (non-hydrogen) atoms. The van der Waals surface area contributed by atoms with Gasteiger partial charge in [0.25, 0.3) is 0 Å². The summed E-state index contributed by atoms with van der Waals surface area (Å²) in [4.78, 5) is 12.6. The second-order valence-electron chi connectivity index (χ2n) is 5.57. The van der Waals surface area contributed by atoms with E-state index in [1.807, 2.05) is 29.6 Å². The van der Waals surface area contributed by atoms with Crippen LogP contribution in [0.25, 0.3) is 0 Å². The van der Waals surface area contributed by atoms with Crippen molar-refractivity contribution in [3.05, 3.63) is 57.2 Å². The first-order valence-corrected chi connectivity index (χ1v) is 8.85. The van der Waals surface area contributed by atoms with Gasteiger partial charge in [-0.3, -0.25) is 4.79 Å². The fourth-order valence-corrected chi connectivity index (χ4v) is 3.61. The average Bonchev–Trinajstić information content (AvgIpc) is 3.08. The average molecular weight is 335 g/mol. The maximum Gasteiger partial charge on any atom is 0.223 e. The lowest BCUT2D eigenvalue weighted by atomic mass is 9.95. The maximum absolute atomic E-state index is 12.6. The highest BCUT2D eigenvalue weighted by molar-refractivity contribution is 7.08. The molecule has 2 aromatic rings. The number of rotatable bonds is 4. The van der Waals surface area contributed by atoms with Crippen LogP contribution in [0.5, 0.6) is 0 Å². The summed E-state index contributed by atoms with van der Waals surface area (Å²) in [5.41, 5.74) is 2.18. The Hall–Kier alpha value is -1.36. The number of hydrogen-bond donors (Lipinski definition) is 2. The normalized spacial score (nSPS) is 17.1. The molecule has 0 radical (unpaired) electrons. The maximum atomic E-state index is 12.6. The number of halogens is 1. The van der Waals surface area contributed by atoms with Gasteiger partial charge in [-0.2, -0.15) is 11.3 Å². The molecule has 2 heterocycles. The van der Waals surface area contributed by atoms with Crippen LogP contribution in [0.2, 0.25) is 5.02 Å². The summed E-state index contributed by atoms with van der Waals surface area (Å²) in [5, 5.41) is 11.3. The zero-order valence-corrected chi connectivity index (χ0v) is 13.8. The lowest BCUT2D eigenvalue weighted by molar-refractivity contribution is -0.126. The Morgan fingerprint density at radius 3 is 2.55 bits per heavy atom. The Balaban J connectivity index is 1.79. The third-order valence-electron chi connectivity index (χ3n) is 4.08. The van der Waals surface area contributed by atoms with E-state index in [1.54, 1.807) is 11.3 Å². The summed E-state index contributed by atoms with van der Waals surface area (Å²) in [6, 6.07) is 9.65. The molecule has 2 N–H and O–H groups in total. The van der Waals surface area contributed by atoms with Crippen molar-refractivity contribution in [3.63, 3.8) is 0 Å². The third-order valence-corrected chi connectivity index (χ3v) is 5.03. The van der Waals surface area contributed by atoms with E-state index in [-0.39, 0.29) is 17.9 Å². The molecule has 0 aliphatic carbocycles. The molecule has 1 saturated heterocycles. The minimum atomic E-state index is -0.106. The quantitative estimate of drug-likeness (QED) is 0.896. The van der Waals surface area contributed by atoms with Crippen LogP contribution in [0.4, 0.5) is 0 Å². The molecule has 1 aliphatic rings. The highest BCUT2D eigenvalue weighted by Crippen LogP contribution is 2.26. The molecule has 1 unspecified atom stereocenters. The van der Waals surface area contributed by atoms with Crippen LogP contribution in [0.3, 0.4) is 0 Å². The molecule has 0 bridgehead atoms. The van der Waals surface area contributed by atoms with Gasteiger partial charge >= 0.3 is 0 Å². The number of nitrogens with one attached hydrogen (secondary N) is 2. The van der Waals surface area contributed by atoms with E-state index in [0.29, 0.717) is 5.02 Å². The van der Waals surface area contributed by atoms with Gasteiger partial charge in [0.2, 0.25) is 5.91 Å². The Kier molecular flexibility index (Phi) is 5.13. The highest BCUT2D eigenvalue weighted by atomic mass is 35.5. The van der Waals surface area contributed by atoms with E-state index in [2.05, 4.69) is 22.1 Å². The minimum absolute atomic E-state index is 0.106. The van der Waals surface area contributed by atoms with Crippen LogP contribution in [0.1, 0.15) is 30.0 Å². The zero-order chi connectivity index (χ0) is 15.4. The van der Waals surface area contributed by atoms with Crippen LogP contribution in [0, 0.1) is 5.92 Å². The molecule has 1 aliphatic heterocycles. The van der Waals surface area contributed by atoms with Crippen molar-refractivity contribution in [2.24, 2.45) is 5.92 Å². The fourth-order valence-electron chi connectivity index (χ4n) is 2.80. The first-order chi connectivity index (χ1) is 10.7. The van der Waals surface area contributed by atoms with Crippen LogP contribution in [-0.4, -0.2) is 19.0 Å². The predicted molar refractivity (Wildman–Crippen MR) is 91.4 cm³/mol. The summed E-state index contributed by atoms with van der Waals surface area (Å²) in [6.07, 6.45) is 1.81. The molecule has 3 rings (SSSR count). The number of hydrogen-bond acceptors (Lipinski definition) is 3. The molecule has 0 saturated carbocycles. The van der Waals surface area contributed by atoms with E-state index < -0.39 is 0 Å². The number of carbonyl (C=O) groups excluding carboxylic acids is 1.